The summed E-state index contributed by atoms with van der Waals surface area (Å²) in [6.45, 7) is 14.0. The summed E-state index contributed by atoms with van der Waals surface area (Å²) in [5.41, 5.74) is 2.38. The van der Waals surface area contributed by atoms with Gasteiger partial charge >= 0.3 is 29.8 Å². The van der Waals surface area contributed by atoms with Gasteiger partial charge in [0.15, 0.2) is 12.2 Å². The van der Waals surface area contributed by atoms with Crippen LogP contribution in [0.1, 0.15) is 71.9 Å². The number of rotatable bonds is 9. The van der Waals surface area contributed by atoms with Crippen LogP contribution in [0.5, 0.6) is 0 Å². The van der Waals surface area contributed by atoms with Crippen molar-refractivity contribution < 1.29 is 47.7 Å². The van der Waals surface area contributed by atoms with Crippen LogP contribution in [0.4, 0.5) is 0 Å². The molecule has 2 aromatic carbocycles. The van der Waals surface area contributed by atoms with Crippen LogP contribution in [0, 0.1) is 23.2 Å². The minimum Gasteiger partial charge on any atom is -0.462 e. The van der Waals surface area contributed by atoms with E-state index in [1.807, 2.05) is 81.4 Å². The van der Waals surface area contributed by atoms with Crippen LogP contribution in [0.15, 0.2) is 96.1 Å². The SMILES string of the molecule is C=C1[C@@H](OC(=O)/C=C/c2ccccc2)C[C@H](OC(C)=O)[C@]2(C)[C@@H]1C[C@@H]1C[C@H](OC(=O)/C=C/c3ccccc3)C(C)=C([C@@H](OC(C)=O)[C@@H]2OC(C)=O)[C@@H]1C. The molecule has 9 atom stereocenters. The average molecular weight is 725 g/mol. The van der Waals surface area contributed by atoms with Crippen LogP contribution in [-0.2, 0) is 47.7 Å². The van der Waals surface area contributed by atoms with Crippen LogP contribution >= 0.6 is 0 Å². The predicted molar refractivity (Wildman–Crippen MR) is 197 cm³/mol. The number of carbonyl (C=O) groups is 5. The second-order valence-electron chi connectivity index (χ2n) is 14.4. The minimum absolute atomic E-state index is 0.0348. The van der Waals surface area contributed by atoms with Gasteiger partial charge in [-0.15, -0.1) is 0 Å². The third kappa shape index (κ3) is 8.87. The van der Waals surface area contributed by atoms with Crippen molar-refractivity contribution in [3.05, 3.63) is 107 Å². The fourth-order valence-electron chi connectivity index (χ4n) is 8.39. The monoisotopic (exact) mass is 724 g/mol. The highest BCUT2D eigenvalue weighted by atomic mass is 16.6. The predicted octanol–water partition coefficient (Wildman–Crippen LogP) is 6.99. The summed E-state index contributed by atoms with van der Waals surface area (Å²) in [6.07, 6.45) is 2.17. The van der Waals surface area contributed by atoms with E-state index in [2.05, 4.69) is 6.58 Å². The van der Waals surface area contributed by atoms with Gasteiger partial charge in [0.25, 0.3) is 0 Å². The van der Waals surface area contributed by atoms with Crippen molar-refractivity contribution in [2.24, 2.45) is 23.2 Å². The zero-order chi connectivity index (χ0) is 38.4. The lowest BCUT2D eigenvalue weighted by Gasteiger charge is -2.57. The molecule has 280 valence electrons. The van der Waals surface area contributed by atoms with Crippen molar-refractivity contribution in [3.63, 3.8) is 0 Å². The Kier molecular flexibility index (Phi) is 12.2. The Labute approximate surface area is 310 Å². The molecule has 10 heteroatoms. The molecular weight excluding hydrogens is 676 g/mol. The van der Waals surface area contributed by atoms with Crippen molar-refractivity contribution in [1.29, 1.82) is 0 Å². The number of esters is 5. The maximum atomic E-state index is 13.2. The molecule has 0 saturated heterocycles. The first kappa shape index (κ1) is 39.0. The molecular formula is C43H48O10. The Morgan fingerprint density at radius 1 is 0.698 bits per heavy atom. The molecule has 3 aliphatic rings. The molecule has 2 aromatic rings. The molecule has 0 radical (unpaired) electrons. The molecule has 0 unspecified atom stereocenters. The molecule has 53 heavy (non-hydrogen) atoms. The van der Waals surface area contributed by atoms with Crippen molar-refractivity contribution in [2.45, 2.75) is 91.3 Å². The Bertz CT molecular complexity index is 1810. The van der Waals surface area contributed by atoms with Crippen molar-refractivity contribution in [3.8, 4) is 0 Å². The Hall–Kier alpha value is -5.25. The summed E-state index contributed by atoms with van der Waals surface area (Å²) >= 11 is 0. The van der Waals surface area contributed by atoms with Crippen LogP contribution < -0.4 is 0 Å². The number of hydrogen-bond donors (Lipinski definition) is 0. The van der Waals surface area contributed by atoms with Gasteiger partial charge in [-0.25, -0.2) is 9.59 Å². The largest absolute Gasteiger partial charge is 0.462 e. The zero-order valence-electron chi connectivity index (χ0n) is 31.1. The molecule has 0 aliphatic heterocycles. The standard InChI is InChI=1S/C43H48O10/c1-25-33-22-34-26(2)36(53-39(48)21-19-32-16-12-9-13-17-32)24-37(49-28(4)44)43(34,7)42(51-30(6)46)41(50-29(5)45)40(25)27(3)35(23-33)52-38(47)20-18-31-14-10-8-11-15-31/h8-21,25,33-37,41-42H,2,22-24H2,1,3-7H3/b20-18+,21-19+/t25-,33-,34-,35+,36+,37+,41-,42+,43+/m1/s1. The number of benzene rings is 2. The molecule has 0 spiro atoms. The van der Waals surface area contributed by atoms with E-state index in [1.165, 1.54) is 32.9 Å². The quantitative estimate of drug-likeness (QED) is 0.115. The van der Waals surface area contributed by atoms with Gasteiger partial charge in [0, 0.05) is 39.3 Å². The van der Waals surface area contributed by atoms with Crippen molar-refractivity contribution in [1.82, 2.24) is 0 Å². The second-order valence-corrected chi connectivity index (χ2v) is 14.4. The number of carbonyl (C=O) groups excluding carboxylic acids is 5. The minimum atomic E-state index is -1.19. The molecule has 0 N–H and O–H groups in total. The van der Waals surface area contributed by atoms with Gasteiger partial charge in [-0.2, -0.15) is 0 Å². The van der Waals surface area contributed by atoms with Crippen molar-refractivity contribution in [2.75, 3.05) is 0 Å². The Morgan fingerprint density at radius 3 is 1.72 bits per heavy atom. The highest BCUT2D eigenvalue weighted by Crippen LogP contribution is 2.58. The summed E-state index contributed by atoms with van der Waals surface area (Å²) < 4.78 is 30.3. The van der Waals surface area contributed by atoms with Crippen LogP contribution in [0.3, 0.4) is 0 Å². The van der Waals surface area contributed by atoms with E-state index < -0.39 is 71.7 Å². The smallest absolute Gasteiger partial charge is 0.331 e. The highest BCUT2D eigenvalue weighted by Gasteiger charge is 2.63. The van der Waals surface area contributed by atoms with Gasteiger partial charge < -0.3 is 23.7 Å². The molecule has 2 bridgehead atoms. The van der Waals surface area contributed by atoms with Gasteiger partial charge in [-0.05, 0) is 77.5 Å². The summed E-state index contributed by atoms with van der Waals surface area (Å²) in [7, 11) is 0. The van der Waals surface area contributed by atoms with E-state index in [0.29, 0.717) is 29.6 Å². The molecule has 5 rings (SSSR count). The summed E-state index contributed by atoms with van der Waals surface area (Å²) in [5.74, 6) is -3.91. The van der Waals surface area contributed by atoms with Gasteiger partial charge in [-0.1, -0.05) is 81.1 Å². The topological polar surface area (TPSA) is 132 Å². The fourth-order valence-corrected chi connectivity index (χ4v) is 8.39. The van der Waals surface area contributed by atoms with E-state index in [9.17, 15) is 24.0 Å². The number of hydrogen-bond acceptors (Lipinski definition) is 10. The molecule has 2 fully saturated rings. The van der Waals surface area contributed by atoms with E-state index >= 15 is 0 Å². The second kappa shape index (κ2) is 16.6. The van der Waals surface area contributed by atoms with E-state index in [-0.39, 0.29) is 18.3 Å². The molecule has 3 aliphatic carbocycles. The highest BCUT2D eigenvalue weighted by molar-refractivity contribution is 5.88. The first-order chi connectivity index (χ1) is 25.2. The molecule has 0 heterocycles. The first-order valence-corrected chi connectivity index (χ1v) is 18.0. The lowest BCUT2D eigenvalue weighted by molar-refractivity contribution is -0.210. The number of fused-ring (bicyclic) bond motifs is 3. The number of ether oxygens (including phenoxy) is 5. The van der Waals surface area contributed by atoms with E-state index in [1.54, 1.807) is 12.2 Å². The third-order valence-electron chi connectivity index (χ3n) is 11.0. The van der Waals surface area contributed by atoms with Gasteiger partial charge in [0.1, 0.15) is 18.3 Å². The van der Waals surface area contributed by atoms with Gasteiger partial charge in [-0.3, -0.25) is 14.4 Å². The van der Waals surface area contributed by atoms with E-state index in [0.717, 1.165) is 11.1 Å². The van der Waals surface area contributed by atoms with E-state index in [4.69, 9.17) is 23.7 Å². The lowest BCUT2D eigenvalue weighted by atomic mass is 9.52. The summed E-state index contributed by atoms with van der Waals surface area (Å²) in [4.78, 5) is 65.0. The Morgan fingerprint density at radius 2 is 1.21 bits per heavy atom. The lowest BCUT2D eigenvalue weighted by Crippen LogP contribution is -2.63. The van der Waals surface area contributed by atoms with Crippen LogP contribution in [0.2, 0.25) is 0 Å². The van der Waals surface area contributed by atoms with Gasteiger partial charge in [0.05, 0.1) is 5.41 Å². The third-order valence-corrected chi connectivity index (χ3v) is 11.0. The fraction of sp³-hybridized carbons (Fsp3) is 0.419. The molecule has 0 aromatic heterocycles. The van der Waals surface area contributed by atoms with Crippen LogP contribution in [0.25, 0.3) is 12.2 Å². The normalized spacial score (nSPS) is 29.7. The molecule has 0 amide bonds. The van der Waals surface area contributed by atoms with Crippen LogP contribution in [-0.4, -0.2) is 60.4 Å². The molecule has 2 saturated carbocycles. The Balaban J connectivity index is 1.57. The maximum absolute atomic E-state index is 13.2. The average Bonchev–Trinajstić information content (AvgIpc) is 3.11. The zero-order valence-corrected chi connectivity index (χ0v) is 31.1. The first-order valence-electron chi connectivity index (χ1n) is 18.0. The van der Waals surface area contributed by atoms with Crippen molar-refractivity contribution >= 4 is 42.0 Å². The maximum Gasteiger partial charge on any atom is 0.331 e. The van der Waals surface area contributed by atoms with Gasteiger partial charge in [0.2, 0.25) is 0 Å². The molecule has 10 nitrogen and oxygen atoms in total. The summed E-state index contributed by atoms with van der Waals surface area (Å²) in [5, 5.41) is 0. The summed E-state index contributed by atoms with van der Waals surface area (Å²) in [6, 6.07) is 18.7.